The molecular formula is C50H57F2N7O5. The van der Waals surface area contributed by atoms with Gasteiger partial charge >= 0.3 is 0 Å². The predicted octanol–water partition coefficient (Wildman–Crippen LogP) is 8.15. The topological polar surface area (TPSA) is 131 Å². The maximum atomic E-state index is 15.0. The first-order valence-corrected chi connectivity index (χ1v) is 22.4. The van der Waals surface area contributed by atoms with Gasteiger partial charge in [-0.25, -0.2) is 19.6 Å². The highest BCUT2D eigenvalue weighted by atomic mass is 19.1. The zero-order valence-electron chi connectivity index (χ0n) is 37.5. The number of aliphatic hydroxyl groups excluding tert-OH is 1. The second-order valence-corrected chi connectivity index (χ2v) is 19.1. The number of hydrogen-bond donors (Lipinski definition) is 3. The standard InChI is InChI=1S/C26H31FN4O3.C24H26FN3O2/c1-15(32)11-30-13-26(4,14-30)16(2)19-9-22-23(10-20(19)18-7-5-6-8-21(18)27)34-12-24-28-29-25(33)17(3)31(22)24;1-14(24(3)9-6-10-24)17-11-20-21(12-18(17)16-7-4-5-8-19(16)25)30-13-22-26-27-23(29)15(2)28(20)22/h5-10,15-17,32H,11-14H2,1-4H3,(H,29,33);4-5,7-8,11-12,14-15H,6,9-10,13H2,1-3H3,(H,27,29)/t15-,16+,17+;14-,15-/m01/s1. The monoisotopic (exact) mass is 873 g/mol. The molecule has 5 aliphatic heterocycles. The van der Waals surface area contributed by atoms with Crippen molar-refractivity contribution in [2.75, 3.05) is 42.6 Å². The van der Waals surface area contributed by atoms with Crippen LogP contribution in [0.2, 0.25) is 0 Å². The molecule has 5 atom stereocenters. The maximum Gasteiger partial charge on any atom is 0.262 e. The van der Waals surface area contributed by atoms with Crippen LogP contribution >= 0.6 is 0 Å². The van der Waals surface area contributed by atoms with Crippen molar-refractivity contribution in [3.8, 4) is 33.8 Å². The van der Waals surface area contributed by atoms with Crippen molar-refractivity contribution in [3.63, 3.8) is 0 Å². The molecule has 4 aromatic rings. The fraction of sp³-hybridized carbons (Fsp3) is 0.440. The minimum Gasteiger partial charge on any atom is -0.483 e. The summed E-state index contributed by atoms with van der Waals surface area (Å²) in [6.07, 6.45) is 3.17. The van der Waals surface area contributed by atoms with Crippen LogP contribution in [0.3, 0.4) is 0 Å². The first kappa shape index (κ1) is 43.4. The third-order valence-electron chi connectivity index (χ3n) is 14.7. The van der Waals surface area contributed by atoms with Crippen LogP contribution < -0.4 is 30.1 Å². The Kier molecular flexibility index (Phi) is 11.3. The van der Waals surface area contributed by atoms with E-state index in [0.29, 0.717) is 40.8 Å². The van der Waals surface area contributed by atoms with Crippen LogP contribution in [-0.2, 0) is 9.59 Å². The maximum absolute atomic E-state index is 15.0. The number of benzene rings is 4. The molecule has 12 nitrogen and oxygen atoms in total. The molecule has 1 aliphatic carbocycles. The molecule has 0 radical (unpaired) electrons. The Morgan fingerprint density at radius 2 is 1.14 bits per heavy atom. The number of hydrogen-bond acceptors (Lipinski definition) is 10. The third-order valence-corrected chi connectivity index (χ3v) is 14.7. The van der Waals surface area contributed by atoms with Gasteiger partial charge in [0.1, 0.15) is 48.4 Å². The summed E-state index contributed by atoms with van der Waals surface area (Å²) in [5.74, 6) is 2.08. The molecule has 0 bridgehead atoms. The van der Waals surface area contributed by atoms with Gasteiger partial charge in [-0.05, 0) is 115 Å². The lowest BCUT2D eigenvalue weighted by Crippen LogP contribution is -2.58. The molecule has 6 aliphatic rings. The van der Waals surface area contributed by atoms with E-state index in [0.717, 1.165) is 59.6 Å². The summed E-state index contributed by atoms with van der Waals surface area (Å²) in [6.45, 7) is 17.3. The van der Waals surface area contributed by atoms with Gasteiger partial charge in [-0.15, -0.1) is 0 Å². The minimum absolute atomic E-state index is 0.0412. The molecule has 64 heavy (non-hydrogen) atoms. The number of hydrazone groups is 2. The van der Waals surface area contributed by atoms with E-state index in [4.69, 9.17) is 9.47 Å². The van der Waals surface area contributed by atoms with Crippen molar-refractivity contribution in [2.24, 2.45) is 21.0 Å². The molecule has 0 aromatic heterocycles. The second kappa shape index (κ2) is 16.6. The largest absolute Gasteiger partial charge is 0.483 e. The number of β-amino-alcohol motifs (C(OH)–C–C–N with tert-alkyl or cyclic N) is 1. The highest BCUT2D eigenvalue weighted by Gasteiger charge is 2.46. The Morgan fingerprint density at radius 3 is 1.55 bits per heavy atom. The van der Waals surface area contributed by atoms with E-state index in [-0.39, 0.29) is 71.5 Å². The van der Waals surface area contributed by atoms with E-state index < -0.39 is 6.04 Å². The SMILES string of the molecule is C[C@@H]1C(=O)NN=C2COc3cc(-c4ccccc4F)c([C@@H](C)C4(C)CCC4)cc3N21.C[C@H](O)CN1CC(C)([C@H](C)c2cc3c(cc2-c2ccccc2F)OCC2=NNC(=O)[C@@H](C)N23)C1. The lowest BCUT2D eigenvalue weighted by molar-refractivity contribution is -0.123. The zero-order valence-corrected chi connectivity index (χ0v) is 37.5. The summed E-state index contributed by atoms with van der Waals surface area (Å²) in [6, 6.07) is 20.9. The van der Waals surface area contributed by atoms with E-state index in [2.05, 4.69) is 59.7 Å². The molecule has 0 spiro atoms. The minimum atomic E-state index is -0.432. The lowest BCUT2D eigenvalue weighted by atomic mass is 9.60. The molecule has 3 N–H and O–H groups in total. The summed E-state index contributed by atoms with van der Waals surface area (Å²) < 4.78 is 41.8. The number of amidine groups is 2. The number of carbonyl (C=O) groups excluding carboxylic acids is 2. The number of nitrogens with one attached hydrogen (secondary N) is 2. The smallest absolute Gasteiger partial charge is 0.262 e. The number of likely N-dealkylation sites (tertiary alicyclic amines) is 1. The van der Waals surface area contributed by atoms with Gasteiger partial charge in [-0.2, -0.15) is 10.2 Å². The number of aliphatic hydroxyl groups is 1. The second-order valence-electron chi connectivity index (χ2n) is 19.1. The van der Waals surface area contributed by atoms with E-state index in [1.165, 1.54) is 18.6 Å². The Balaban J connectivity index is 0.000000163. The Hall–Kier alpha value is -5.86. The molecule has 2 fully saturated rings. The van der Waals surface area contributed by atoms with E-state index in [1.54, 1.807) is 25.1 Å². The van der Waals surface area contributed by atoms with Crippen molar-refractivity contribution in [1.82, 2.24) is 15.8 Å². The molecule has 14 heteroatoms. The molecular weight excluding hydrogens is 817 g/mol. The quantitative estimate of drug-likeness (QED) is 0.162. The molecule has 0 unspecified atom stereocenters. The molecule has 1 saturated heterocycles. The van der Waals surface area contributed by atoms with Crippen molar-refractivity contribution in [2.45, 2.75) is 97.8 Å². The molecule has 1 saturated carbocycles. The van der Waals surface area contributed by atoms with Crippen molar-refractivity contribution in [3.05, 3.63) is 95.6 Å². The third kappa shape index (κ3) is 7.57. The van der Waals surface area contributed by atoms with Crippen molar-refractivity contribution >= 4 is 34.9 Å². The number of carbonyl (C=O) groups is 2. The van der Waals surface area contributed by atoms with Gasteiger partial charge in [0.15, 0.2) is 11.7 Å². The average molecular weight is 874 g/mol. The van der Waals surface area contributed by atoms with Gasteiger partial charge in [0.05, 0.1) is 17.5 Å². The normalized spacial score (nSPS) is 22.8. The van der Waals surface area contributed by atoms with Gasteiger partial charge in [0.2, 0.25) is 0 Å². The van der Waals surface area contributed by atoms with Crippen LogP contribution in [0.15, 0.2) is 83.0 Å². The summed E-state index contributed by atoms with van der Waals surface area (Å²) >= 11 is 0. The van der Waals surface area contributed by atoms with Crippen LogP contribution in [0.4, 0.5) is 20.2 Å². The van der Waals surface area contributed by atoms with E-state index >= 15 is 0 Å². The lowest BCUT2D eigenvalue weighted by Gasteiger charge is -2.52. The first-order chi connectivity index (χ1) is 30.6. The van der Waals surface area contributed by atoms with Gasteiger partial charge in [-0.3, -0.25) is 14.5 Å². The number of anilines is 2. The van der Waals surface area contributed by atoms with Gasteiger partial charge in [0.25, 0.3) is 11.8 Å². The van der Waals surface area contributed by atoms with E-state index in [1.807, 2.05) is 60.0 Å². The molecule has 2 amide bonds. The van der Waals surface area contributed by atoms with Crippen LogP contribution in [-0.4, -0.2) is 84.5 Å². The predicted molar refractivity (Wildman–Crippen MR) is 245 cm³/mol. The molecule has 10 rings (SSSR count). The number of nitrogens with zero attached hydrogens (tertiary/aromatic N) is 5. The van der Waals surface area contributed by atoms with Crippen LogP contribution in [0.5, 0.6) is 11.5 Å². The van der Waals surface area contributed by atoms with Gasteiger partial charge in [0, 0.05) is 30.8 Å². The first-order valence-electron chi connectivity index (χ1n) is 22.4. The summed E-state index contributed by atoms with van der Waals surface area (Å²) in [5.41, 5.74) is 11.7. The van der Waals surface area contributed by atoms with Crippen LogP contribution in [0, 0.1) is 22.5 Å². The summed E-state index contributed by atoms with van der Waals surface area (Å²) in [7, 11) is 0. The number of halogens is 2. The molecule has 4 aromatic carbocycles. The number of fused-ring (bicyclic) bond motifs is 6. The Bertz CT molecular complexity index is 2570. The highest BCUT2D eigenvalue weighted by Crippen LogP contribution is 2.55. The highest BCUT2D eigenvalue weighted by molar-refractivity contribution is 6.10. The van der Waals surface area contributed by atoms with Gasteiger partial charge < -0.3 is 24.4 Å². The van der Waals surface area contributed by atoms with E-state index in [9.17, 15) is 23.5 Å². The number of rotatable bonds is 8. The number of ether oxygens (including phenoxy) is 2. The molecule has 5 heterocycles. The van der Waals surface area contributed by atoms with Crippen LogP contribution in [0.25, 0.3) is 22.3 Å². The Morgan fingerprint density at radius 1 is 0.703 bits per heavy atom. The summed E-state index contributed by atoms with van der Waals surface area (Å²) in [5, 5.41) is 18.2. The number of amides is 2. The zero-order chi connectivity index (χ0) is 45.2. The fourth-order valence-corrected chi connectivity index (χ4v) is 10.4. The van der Waals surface area contributed by atoms with Crippen molar-refractivity contribution in [1.29, 1.82) is 0 Å². The fourth-order valence-electron chi connectivity index (χ4n) is 10.4. The average Bonchev–Trinajstić information content (AvgIpc) is 3.26. The van der Waals surface area contributed by atoms with Crippen LogP contribution in [0.1, 0.15) is 90.7 Å². The van der Waals surface area contributed by atoms with Crippen molar-refractivity contribution < 1.29 is 33.0 Å². The summed E-state index contributed by atoms with van der Waals surface area (Å²) in [4.78, 5) is 30.8. The van der Waals surface area contributed by atoms with Gasteiger partial charge in [-0.1, -0.05) is 70.5 Å². The molecule has 336 valence electrons. The Labute approximate surface area is 373 Å².